The minimum atomic E-state index is -0.786. The van der Waals surface area contributed by atoms with Crippen LogP contribution >= 0.6 is 0 Å². The van der Waals surface area contributed by atoms with Crippen LogP contribution in [0, 0.1) is 0 Å². The monoisotopic (exact) mass is 1160 g/mol. The summed E-state index contributed by atoms with van der Waals surface area (Å²) in [7, 11) is 0. The van der Waals surface area contributed by atoms with Crippen LogP contribution in [-0.2, 0) is 28.6 Å². The van der Waals surface area contributed by atoms with Gasteiger partial charge in [-0.05, 0) is 122 Å². The Morgan fingerprint density at radius 2 is 0.434 bits per heavy atom. The molecular formula is C77H136O6. The maximum atomic E-state index is 13.0. The van der Waals surface area contributed by atoms with E-state index in [-0.39, 0.29) is 31.1 Å². The van der Waals surface area contributed by atoms with E-state index in [1.54, 1.807) is 0 Å². The number of esters is 3. The number of carbonyl (C=O) groups is 3. The molecule has 6 nitrogen and oxygen atoms in total. The molecule has 0 saturated heterocycles. The Morgan fingerprint density at radius 1 is 0.241 bits per heavy atom. The average Bonchev–Trinajstić information content (AvgIpc) is 3.49. The van der Waals surface area contributed by atoms with Crippen molar-refractivity contribution in [2.75, 3.05) is 13.2 Å². The molecule has 1 atom stereocenters. The van der Waals surface area contributed by atoms with Gasteiger partial charge >= 0.3 is 17.9 Å². The van der Waals surface area contributed by atoms with Crippen LogP contribution in [0.25, 0.3) is 0 Å². The van der Waals surface area contributed by atoms with Gasteiger partial charge in [0.2, 0.25) is 0 Å². The van der Waals surface area contributed by atoms with Gasteiger partial charge in [0, 0.05) is 19.3 Å². The Balaban J connectivity index is 4.27. The molecule has 0 fully saturated rings. The highest BCUT2D eigenvalue weighted by molar-refractivity contribution is 5.71. The summed E-state index contributed by atoms with van der Waals surface area (Å²) in [5, 5.41) is 0. The molecule has 0 bridgehead atoms. The molecule has 0 spiro atoms. The van der Waals surface area contributed by atoms with E-state index in [0.717, 1.165) is 96.3 Å². The van der Waals surface area contributed by atoms with Crippen LogP contribution in [0.15, 0.2) is 85.1 Å². The van der Waals surface area contributed by atoms with Gasteiger partial charge in [0.25, 0.3) is 0 Å². The molecule has 0 radical (unpaired) electrons. The second-order valence-corrected chi connectivity index (χ2v) is 24.1. The molecule has 0 N–H and O–H groups in total. The quantitative estimate of drug-likeness (QED) is 0.0261. The number of ether oxygens (including phenoxy) is 3. The summed E-state index contributed by atoms with van der Waals surface area (Å²) in [6.07, 6.45) is 94.7. The lowest BCUT2D eigenvalue weighted by Crippen LogP contribution is -2.30. The lowest BCUT2D eigenvalue weighted by atomic mass is 10.0. The van der Waals surface area contributed by atoms with Crippen molar-refractivity contribution in [3.63, 3.8) is 0 Å². The van der Waals surface area contributed by atoms with Gasteiger partial charge in [0.05, 0.1) is 0 Å². The summed E-state index contributed by atoms with van der Waals surface area (Å²) in [5.41, 5.74) is 0. The summed E-state index contributed by atoms with van der Waals surface area (Å²) < 4.78 is 17.0. The molecular weight excluding hydrogens is 1020 g/mol. The smallest absolute Gasteiger partial charge is 0.306 e. The molecule has 0 heterocycles. The first-order valence-corrected chi connectivity index (χ1v) is 36.1. The van der Waals surface area contributed by atoms with Crippen LogP contribution in [-0.4, -0.2) is 37.2 Å². The SMILES string of the molecule is CCCCCC/C=C\CCCCCCCC(=O)OCC(COC(=O)CCCCCCCCCCCCCCCC/C=C\C/C=C\C/C=C\CCCCCCC)OC(=O)CCCCCCCCCC/C=C\C/C=C\C/C=C\CCCCCCC. The van der Waals surface area contributed by atoms with E-state index in [0.29, 0.717) is 19.3 Å². The van der Waals surface area contributed by atoms with Crippen molar-refractivity contribution in [3.05, 3.63) is 85.1 Å². The number of hydrogen-bond acceptors (Lipinski definition) is 6. The third-order valence-electron chi connectivity index (χ3n) is 15.8. The summed E-state index contributed by atoms with van der Waals surface area (Å²) in [4.78, 5) is 38.4. The standard InChI is InChI=1S/C77H136O6/c1-4-7-10-13-16-19-22-25-27-29-31-33-35-36-37-38-39-40-42-43-45-47-49-52-55-58-61-64-67-70-76(79)82-73-74(72-81-75(78)69-66-63-60-57-54-51-24-21-18-15-12-9-6-3)83-77(80)71-68-65-62-59-56-53-50-48-46-44-41-34-32-30-28-26-23-20-17-14-11-8-5-2/h21-26,29-32,35-36,41,44,74H,4-20,27-28,33-34,37-40,42-43,45-73H2,1-3H3/b24-21-,25-22-,26-23-,31-29-,32-30-,36-35-,44-41-. The van der Waals surface area contributed by atoms with Crippen LogP contribution < -0.4 is 0 Å². The maximum absolute atomic E-state index is 13.0. The van der Waals surface area contributed by atoms with Crippen LogP contribution in [0.4, 0.5) is 0 Å². The molecule has 6 heteroatoms. The van der Waals surface area contributed by atoms with Gasteiger partial charge < -0.3 is 14.2 Å². The molecule has 1 unspecified atom stereocenters. The fraction of sp³-hybridized carbons (Fsp3) is 0.779. The number of carbonyl (C=O) groups excluding carboxylic acids is 3. The molecule has 0 rings (SSSR count). The zero-order valence-corrected chi connectivity index (χ0v) is 55.2. The highest BCUT2D eigenvalue weighted by Crippen LogP contribution is 2.17. The molecule has 0 aromatic heterocycles. The number of allylic oxidation sites excluding steroid dienone is 14. The van der Waals surface area contributed by atoms with Crippen molar-refractivity contribution in [2.45, 2.75) is 374 Å². The Labute approximate surface area is 515 Å². The fourth-order valence-corrected chi connectivity index (χ4v) is 10.4. The Bertz CT molecular complexity index is 1570. The van der Waals surface area contributed by atoms with E-state index in [9.17, 15) is 14.4 Å². The minimum absolute atomic E-state index is 0.0804. The van der Waals surface area contributed by atoms with E-state index >= 15 is 0 Å². The Kier molecular flexibility index (Phi) is 68.2. The second-order valence-electron chi connectivity index (χ2n) is 24.1. The molecule has 0 aliphatic heterocycles. The Hall–Kier alpha value is -3.41. The maximum Gasteiger partial charge on any atom is 0.306 e. The van der Waals surface area contributed by atoms with Crippen LogP contribution in [0.2, 0.25) is 0 Å². The lowest BCUT2D eigenvalue weighted by Gasteiger charge is -2.18. The predicted octanol–water partition coefficient (Wildman–Crippen LogP) is 25.0. The number of unbranched alkanes of at least 4 members (excludes halogenated alkanes) is 41. The molecule has 0 saturated carbocycles. The average molecular weight is 1160 g/mol. The van der Waals surface area contributed by atoms with E-state index in [1.165, 1.54) is 231 Å². The van der Waals surface area contributed by atoms with Crippen molar-refractivity contribution < 1.29 is 28.6 Å². The first kappa shape index (κ1) is 79.6. The first-order valence-electron chi connectivity index (χ1n) is 36.1. The van der Waals surface area contributed by atoms with Gasteiger partial charge in [-0.25, -0.2) is 0 Å². The molecule has 0 aromatic rings. The highest BCUT2D eigenvalue weighted by atomic mass is 16.6. The van der Waals surface area contributed by atoms with Gasteiger partial charge in [-0.2, -0.15) is 0 Å². The normalized spacial score (nSPS) is 12.6. The molecule has 0 amide bonds. The van der Waals surface area contributed by atoms with E-state index in [4.69, 9.17) is 14.2 Å². The number of rotatable bonds is 66. The van der Waals surface area contributed by atoms with Crippen molar-refractivity contribution in [2.24, 2.45) is 0 Å². The van der Waals surface area contributed by atoms with E-state index in [2.05, 4.69) is 106 Å². The van der Waals surface area contributed by atoms with Gasteiger partial charge in [-0.3, -0.25) is 14.4 Å². The summed E-state index contributed by atoms with van der Waals surface area (Å²) >= 11 is 0. The summed E-state index contributed by atoms with van der Waals surface area (Å²) in [6.45, 7) is 6.63. The largest absolute Gasteiger partial charge is 0.462 e. The van der Waals surface area contributed by atoms with Gasteiger partial charge in [0.1, 0.15) is 13.2 Å². The highest BCUT2D eigenvalue weighted by Gasteiger charge is 2.19. The first-order chi connectivity index (χ1) is 41.0. The summed E-state index contributed by atoms with van der Waals surface area (Å²) in [6, 6.07) is 0. The van der Waals surface area contributed by atoms with Crippen LogP contribution in [0.3, 0.4) is 0 Å². The van der Waals surface area contributed by atoms with Crippen LogP contribution in [0.1, 0.15) is 367 Å². The summed E-state index contributed by atoms with van der Waals surface area (Å²) in [5.74, 6) is -0.880. The lowest BCUT2D eigenvalue weighted by molar-refractivity contribution is -0.167. The van der Waals surface area contributed by atoms with Gasteiger partial charge in [-0.1, -0.05) is 311 Å². The van der Waals surface area contributed by atoms with Crippen molar-refractivity contribution in [1.29, 1.82) is 0 Å². The fourth-order valence-electron chi connectivity index (χ4n) is 10.4. The molecule has 0 aromatic carbocycles. The van der Waals surface area contributed by atoms with Crippen molar-refractivity contribution >= 4 is 17.9 Å². The van der Waals surface area contributed by atoms with Gasteiger partial charge in [-0.15, -0.1) is 0 Å². The zero-order valence-electron chi connectivity index (χ0n) is 55.2. The van der Waals surface area contributed by atoms with Crippen LogP contribution in [0.5, 0.6) is 0 Å². The molecule has 480 valence electrons. The zero-order chi connectivity index (χ0) is 59.9. The minimum Gasteiger partial charge on any atom is -0.462 e. The van der Waals surface area contributed by atoms with E-state index < -0.39 is 6.10 Å². The third-order valence-corrected chi connectivity index (χ3v) is 15.8. The topological polar surface area (TPSA) is 78.9 Å². The van der Waals surface area contributed by atoms with Gasteiger partial charge in [0.15, 0.2) is 6.10 Å². The molecule has 0 aliphatic carbocycles. The van der Waals surface area contributed by atoms with E-state index in [1.807, 2.05) is 0 Å². The van der Waals surface area contributed by atoms with Crippen molar-refractivity contribution in [3.8, 4) is 0 Å². The molecule has 83 heavy (non-hydrogen) atoms. The third kappa shape index (κ3) is 69.3. The predicted molar refractivity (Wildman–Crippen MR) is 362 cm³/mol. The Morgan fingerprint density at radius 3 is 0.699 bits per heavy atom. The number of hydrogen-bond donors (Lipinski definition) is 0. The second kappa shape index (κ2) is 71.1. The molecule has 0 aliphatic rings. The van der Waals surface area contributed by atoms with Crippen molar-refractivity contribution in [1.82, 2.24) is 0 Å².